The first-order chi connectivity index (χ1) is 8.56. The number of nitrogen functional groups attached to an aromatic ring is 1. The summed E-state index contributed by atoms with van der Waals surface area (Å²) in [5.74, 6) is -0.316. The normalized spacial score (nSPS) is 14.5. The van der Waals surface area contributed by atoms with Gasteiger partial charge in [0.1, 0.15) is 6.61 Å². The Hall–Kier alpha value is -2.10. The maximum absolute atomic E-state index is 10.9. The lowest BCUT2D eigenvalue weighted by atomic mass is 9.99. The summed E-state index contributed by atoms with van der Waals surface area (Å²) in [4.78, 5) is 10.9. The number of allylic oxidation sites excluding steroid dienone is 1. The predicted octanol–water partition coefficient (Wildman–Crippen LogP) is 2.18. The number of hydrogen-bond donors (Lipinski definition) is 2. The standard InChI is InChI=1S/C14H16N2O2/c1-9(17)18-8-11-7-12(15)3-2-10-6-13(16)4-5-14(10)11/h4-7,15H,2-3,8,16H2,1H3. The highest BCUT2D eigenvalue weighted by atomic mass is 16.5. The van der Waals surface area contributed by atoms with Crippen LogP contribution < -0.4 is 5.73 Å². The van der Waals surface area contributed by atoms with E-state index in [4.69, 9.17) is 15.9 Å². The van der Waals surface area contributed by atoms with Gasteiger partial charge < -0.3 is 15.9 Å². The van der Waals surface area contributed by atoms with Gasteiger partial charge in [-0.1, -0.05) is 6.07 Å². The van der Waals surface area contributed by atoms with E-state index in [9.17, 15) is 4.79 Å². The number of carbonyl (C=O) groups excluding carboxylic acids is 1. The lowest BCUT2D eigenvalue weighted by molar-refractivity contribution is -0.139. The van der Waals surface area contributed by atoms with Gasteiger partial charge in [0.05, 0.1) is 0 Å². The van der Waals surface area contributed by atoms with E-state index in [2.05, 4.69) is 0 Å². The van der Waals surface area contributed by atoms with E-state index in [1.807, 2.05) is 18.2 Å². The van der Waals surface area contributed by atoms with Gasteiger partial charge in [0.2, 0.25) is 0 Å². The number of ether oxygens (including phenoxy) is 1. The Morgan fingerprint density at radius 2 is 2.22 bits per heavy atom. The topological polar surface area (TPSA) is 76.2 Å². The molecule has 3 N–H and O–H groups in total. The summed E-state index contributed by atoms with van der Waals surface area (Å²) in [7, 11) is 0. The SMILES string of the molecule is CC(=O)OCC1=CC(=N)CCc2cc(N)ccc21. The minimum absolute atomic E-state index is 0.203. The maximum Gasteiger partial charge on any atom is 0.302 e. The molecule has 1 aliphatic rings. The Morgan fingerprint density at radius 3 is 2.94 bits per heavy atom. The third kappa shape index (κ3) is 2.77. The fraction of sp³-hybridized carbons (Fsp3) is 0.286. The van der Waals surface area contributed by atoms with Gasteiger partial charge >= 0.3 is 5.97 Å². The second-order valence-electron chi connectivity index (χ2n) is 4.39. The first-order valence-electron chi connectivity index (χ1n) is 5.86. The highest BCUT2D eigenvalue weighted by Gasteiger charge is 2.14. The second-order valence-corrected chi connectivity index (χ2v) is 4.39. The Balaban J connectivity index is 2.36. The van der Waals surface area contributed by atoms with E-state index in [1.165, 1.54) is 6.92 Å². The average molecular weight is 244 g/mol. The van der Waals surface area contributed by atoms with Crippen LogP contribution in [0.3, 0.4) is 0 Å². The summed E-state index contributed by atoms with van der Waals surface area (Å²) < 4.78 is 5.04. The Labute approximate surface area is 106 Å². The lowest BCUT2D eigenvalue weighted by Crippen LogP contribution is -2.04. The number of nitrogens with one attached hydrogen (secondary N) is 1. The Morgan fingerprint density at radius 1 is 1.44 bits per heavy atom. The molecule has 0 heterocycles. The second kappa shape index (κ2) is 5.04. The van der Waals surface area contributed by atoms with Crippen molar-refractivity contribution in [1.82, 2.24) is 0 Å². The number of hydrogen-bond acceptors (Lipinski definition) is 4. The smallest absolute Gasteiger partial charge is 0.302 e. The molecule has 0 aromatic heterocycles. The quantitative estimate of drug-likeness (QED) is 0.618. The van der Waals surface area contributed by atoms with Gasteiger partial charge in [0.15, 0.2) is 0 Å². The number of rotatable bonds is 2. The van der Waals surface area contributed by atoms with E-state index >= 15 is 0 Å². The average Bonchev–Trinajstić information content (AvgIpc) is 2.46. The van der Waals surface area contributed by atoms with Gasteiger partial charge in [-0.3, -0.25) is 4.79 Å². The molecule has 1 aromatic carbocycles. The highest BCUT2D eigenvalue weighted by molar-refractivity contribution is 6.00. The van der Waals surface area contributed by atoms with Crippen LogP contribution in [0.4, 0.5) is 5.69 Å². The molecule has 0 amide bonds. The minimum atomic E-state index is -0.316. The maximum atomic E-state index is 10.9. The van der Waals surface area contributed by atoms with E-state index in [1.54, 1.807) is 6.08 Å². The van der Waals surface area contributed by atoms with Crippen LogP contribution in [0.5, 0.6) is 0 Å². The molecule has 0 spiro atoms. The van der Waals surface area contributed by atoms with Crippen molar-refractivity contribution in [2.45, 2.75) is 19.8 Å². The number of anilines is 1. The highest BCUT2D eigenvalue weighted by Crippen LogP contribution is 2.26. The van der Waals surface area contributed by atoms with Crippen molar-refractivity contribution in [3.05, 3.63) is 35.4 Å². The van der Waals surface area contributed by atoms with Crippen LogP contribution >= 0.6 is 0 Å². The van der Waals surface area contributed by atoms with Crippen LogP contribution in [0.2, 0.25) is 0 Å². The van der Waals surface area contributed by atoms with Crippen molar-refractivity contribution in [3.63, 3.8) is 0 Å². The molecule has 2 rings (SSSR count). The van der Waals surface area contributed by atoms with Crippen LogP contribution in [-0.4, -0.2) is 18.3 Å². The van der Waals surface area contributed by atoms with Crippen molar-refractivity contribution >= 4 is 22.9 Å². The molecule has 0 saturated heterocycles. The van der Waals surface area contributed by atoms with Gasteiger partial charge in [0, 0.05) is 18.3 Å². The molecule has 4 nitrogen and oxygen atoms in total. The van der Waals surface area contributed by atoms with E-state index in [0.29, 0.717) is 17.8 Å². The van der Waals surface area contributed by atoms with Crippen LogP contribution in [0, 0.1) is 5.41 Å². The summed E-state index contributed by atoms with van der Waals surface area (Å²) in [5, 5.41) is 7.83. The molecule has 18 heavy (non-hydrogen) atoms. The molecular weight excluding hydrogens is 228 g/mol. The van der Waals surface area contributed by atoms with E-state index in [0.717, 1.165) is 23.1 Å². The molecule has 0 atom stereocenters. The third-order valence-electron chi connectivity index (χ3n) is 2.92. The molecule has 94 valence electrons. The van der Waals surface area contributed by atoms with Crippen LogP contribution in [0.1, 0.15) is 24.5 Å². The zero-order chi connectivity index (χ0) is 13.1. The Kier molecular flexibility index (Phi) is 3.46. The van der Waals surface area contributed by atoms with Crippen molar-refractivity contribution in [1.29, 1.82) is 5.41 Å². The molecule has 0 fully saturated rings. The molecule has 1 aliphatic carbocycles. The van der Waals surface area contributed by atoms with Crippen LogP contribution in [0.15, 0.2) is 24.3 Å². The van der Waals surface area contributed by atoms with Crippen molar-refractivity contribution in [3.8, 4) is 0 Å². The molecule has 0 saturated carbocycles. The van der Waals surface area contributed by atoms with Gasteiger partial charge in [-0.15, -0.1) is 0 Å². The van der Waals surface area contributed by atoms with Crippen molar-refractivity contribution in [2.75, 3.05) is 12.3 Å². The first kappa shape index (κ1) is 12.4. The number of carbonyl (C=O) groups is 1. The number of benzene rings is 1. The molecule has 0 aliphatic heterocycles. The van der Waals surface area contributed by atoms with Crippen LogP contribution in [0.25, 0.3) is 5.57 Å². The molecule has 0 radical (unpaired) electrons. The number of nitrogens with two attached hydrogens (primary N) is 1. The summed E-state index contributed by atoms with van der Waals surface area (Å²) in [6.07, 6.45) is 3.25. The van der Waals surface area contributed by atoms with E-state index < -0.39 is 0 Å². The van der Waals surface area contributed by atoms with Gasteiger partial charge in [-0.25, -0.2) is 0 Å². The number of aryl methyl sites for hydroxylation is 1. The van der Waals surface area contributed by atoms with Gasteiger partial charge in [-0.2, -0.15) is 0 Å². The van der Waals surface area contributed by atoms with Gasteiger partial charge in [-0.05, 0) is 47.8 Å². The molecule has 0 unspecified atom stereocenters. The monoisotopic (exact) mass is 244 g/mol. The summed E-state index contributed by atoms with van der Waals surface area (Å²) in [6.45, 7) is 1.58. The van der Waals surface area contributed by atoms with E-state index in [-0.39, 0.29) is 12.6 Å². The molecular formula is C14H16N2O2. The van der Waals surface area contributed by atoms with Crippen molar-refractivity contribution in [2.24, 2.45) is 0 Å². The fourth-order valence-electron chi connectivity index (χ4n) is 2.06. The Bertz CT molecular complexity index is 533. The third-order valence-corrected chi connectivity index (χ3v) is 2.92. The summed E-state index contributed by atoms with van der Waals surface area (Å²) >= 11 is 0. The minimum Gasteiger partial charge on any atom is -0.461 e. The van der Waals surface area contributed by atoms with Gasteiger partial charge in [0.25, 0.3) is 0 Å². The first-order valence-corrected chi connectivity index (χ1v) is 5.86. The molecule has 1 aromatic rings. The zero-order valence-electron chi connectivity index (χ0n) is 10.3. The number of esters is 1. The zero-order valence-corrected chi connectivity index (χ0v) is 10.3. The lowest BCUT2D eigenvalue weighted by Gasteiger charge is -2.11. The predicted molar refractivity (Wildman–Crippen MR) is 71.5 cm³/mol. The fourth-order valence-corrected chi connectivity index (χ4v) is 2.06. The van der Waals surface area contributed by atoms with Crippen LogP contribution in [-0.2, 0) is 16.0 Å². The number of fused-ring (bicyclic) bond motifs is 1. The molecule has 4 heteroatoms. The summed E-state index contributed by atoms with van der Waals surface area (Å²) in [6, 6.07) is 5.68. The van der Waals surface area contributed by atoms with Crippen molar-refractivity contribution < 1.29 is 9.53 Å². The summed E-state index contributed by atoms with van der Waals surface area (Å²) in [5.41, 5.74) is 10.0. The largest absolute Gasteiger partial charge is 0.461 e. The molecule has 0 bridgehead atoms.